The Morgan fingerprint density at radius 3 is 3.00 bits per heavy atom. The van der Waals surface area contributed by atoms with Crippen molar-refractivity contribution in [2.45, 2.75) is 18.4 Å². The molecule has 0 aromatic heterocycles. The van der Waals surface area contributed by atoms with Crippen molar-refractivity contribution in [3.05, 3.63) is 34.3 Å². The molecule has 0 aliphatic carbocycles. The largest absolute Gasteiger partial charge is 0.389 e. The van der Waals surface area contributed by atoms with Crippen LogP contribution < -0.4 is 0 Å². The molecule has 1 heterocycles. The fourth-order valence-electron chi connectivity index (χ4n) is 1.76. The van der Waals surface area contributed by atoms with Gasteiger partial charge >= 0.3 is 0 Å². The second-order valence-electron chi connectivity index (χ2n) is 3.83. The smallest absolute Gasteiger partial charge is 0.0785 e. The summed E-state index contributed by atoms with van der Waals surface area (Å²) < 4.78 is 1.09. The Bertz CT molecular complexity index is 321. The molecular weight excluding hydrogens is 260 g/mol. The summed E-state index contributed by atoms with van der Waals surface area (Å²) in [6.07, 6.45) is 1.70. The minimum atomic E-state index is -0.467. The Hall–Kier alpha value is 0.01000. The molecule has 1 aromatic carbocycles. The zero-order valence-electron chi connectivity index (χ0n) is 7.87. The molecule has 1 nitrogen and oxygen atoms in total. The van der Waals surface area contributed by atoms with E-state index < -0.39 is 5.60 Å². The van der Waals surface area contributed by atoms with Gasteiger partial charge in [0, 0.05) is 16.6 Å². The van der Waals surface area contributed by atoms with Gasteiger partial charge in [-0.3, -0.25) is 0 Å². The van der Waals surface area contributed by atoms with E-state index in [1.807, 2.05) is 23.9 Å². The van der Waals surface area contributed by atoms with Crippen LogP contribution in [-0.4, -0.2) is 22.2 Å². The molecule has 2 rings (SSSR count). The van der Waals surface area contributed by atoms with E-state index in [4.69, 9.17) is 0 Å². The maximum Gasteiger partial charge on any atom is 0.0785 e. The summed E-state index contributed by atoms with van der Waals surface area (Å²) in [5, 5.41) is 10.2. The summed E-state index contributed by atoms with van der Waals surface area (Å²) in [6.45, 7) is 0. The first-order chi connectivity index (χ1) is 6.68. The number of rotatable bonds is 2. The van der Waals surface area contributed by atoms with E-state index in [9.17, 15) is 5.11 Å². The third-order valence-electron chi connectivity index (χ3n) is 2.50. The summed E-state index contributed by atoms with van der Waals surface area (Å²) in [5.41, 5.74) is 0.746. The van der Waals surface area contributed by atoms with Crippen molar-refractivity contribution in [2.24, 2.45) is 0 Å². The van der Waals surface area contributed by atoms with Gasteiger partial charge in [0.05, 0.1) is 5.60 Å². The molecule has 0 radical (unpaired) electrons. The first kappa shape index (κ1) is 10.5. The van der Waals surface area contributed by atoms with Crippen molar-refractivity contribution < 1.29 is 5.11 Å². The molecule has 1 aliphatic heterocycles. The van der Waals surface area contributed by atoms with Gasteiger partial charge in [-0.15, -0.1) is 0 Å². The van der Waals surface area contributed by atoms with Crippen LogP contribution >= 0.6 is 27.7 Å². The highest BCUT2D eigenvalue weighted by Crippen LogP contribution is 2.31. The Kier molecular flexibility index (Phi) is 3.20. The van der Waals surface area contributed by atoms with Gasteiger partial charge in [0.1, 0.15) is 0 Å². The molecule has 76 valence electrons. The van der Waals surface area contributed by atoms with Crippen LogP contribution in [-0.2, 0) is 6.42 Å². The molecule has 1 N–H and O–H groups in total. The molecule has 0 amide bonds. The maximum absolute atomic E-state index is 10.2. The lowest BCUT2D eigenvalue weighted by atomic mass is 9.94. The van der Waals surface area contributed by atoms with E-state index in [2.05, 4.69) is 28.1 Å². The van der Waals surface area contributed by atoms with Crippen LogP contribution in [0.15, 0.2) is 28.7 Å². The van der Waals surface area contributed by atoms with E-state index in [1.54, 1.807) is 0 Å². The number of halogens is 1. The lowest BCUT2D eigenvalue weighted by Crippen LogP contribution is -2.30. The molecule has 0 spiro atoms. The zero-order valence-corrected chi connectivity index (χ0v) is 10.3. The Balaban J connectivity index is 2.10. The van der Waals surface area contributed by atoms with E-state index in [1.165, 1.54) is 5.56 Å². The molecule has 1 unspecified atom stereocenters. The second kappa shape index (κ2) is 4.25. The lowest BCUT2D eigenvalue weighted by Gasteiger charge is -2.21. The third kappa shape index (κ3) is 2.53. The van der Waals surface area contributed by atoms with E-state index in [0.29, 0.717) is 0 Å². The summed E-state index contributed by atoms with van der Waals surface area (Å²) >= 11 is 5.29. The molecule has 14 heavy (non-hydrogen) atoms. The van der Waals surface area contributed by atoms with Crippen molar-refractivity contribution in [1.82, 2.24) is 0 Å². The van der Waals surface area contributed by atoms with Crippen LogP contribution in [0.1, 0.15) is 12.0 Å². The Morgan fingerprint density at radius 1 is 1.50 bits per heavy atom. The minimum Gasteiger partial charge on any atom is -0.389 e. The highest BCUT2D eigenvalue weighted by Gasteiger charge is 2.31. The SMILES string of the molecule is OC1(Cc2cccc(Br)c2)CCSC1. The van der Waals surface area contributed by atoms with Gasteiger partial charge in [-0.2, -0.15) is 11.8 Å². The molecule has 1 aliphatic rings. The van der Waals surface area contributed by atoms with Crippen LogP contribution in [0.4, 0.5) is 0 Å². The first-order valence-corrected chi connectivity index (χ1v) is 6.67. The Labute approximate surface area is 97.0 Å². The van der Waals surface area contributed by atoms with Crippen LogP contribution in [0.25, 0.3) is 0 Å². The number of hydrogen-bond donors (Lipinski definition) is 1. The standard InChI is InChI=1S/C11H13BrOS/c12-10-3-1-2-9(6-10)7-11(13)4-5-14-8-11/h1-3,6,13H,4-5,7-8H2. The zero-order chi connectivity index (χ0) is 10.0. The minimum absolute atomic E-state index is 0.467. The predicted molar refractivity (Wildman–Crippen MR) is 64.7 cm³/mol. The van der Waals surface area contributed by atoms with Crippen LogP contribution in [0, 0.1) is 0 Å². The van der Waals surface area contributed by atoms with Crippen LogP contribution in [0.5, 0.6) is 0 Å². The van der Waals surface area contributed by atoms with E-state index in [-0.39, 0.29) is 0 Å². The van der Waals surface area contributed by atoms with Gasteiger partial charge in [-0.1, -0.05) is 28.1 Å². The average molecular weight is 273 g/mol. The molecule has 0 bridgehead atoms. The Morgan fingerprint density at radius 2 is 2.36 bits per heavy atom. The van der Waals surface area contributed by atoms with Gasteiger partial charge in [-0.05, 0) is 29.9 Å². The molecule has 1 fully saturated rings. The van der Waals surface area contributed by atoms with Crippen molar-refractivity contribution in [3.8, 4) is 0 Å². The number of thioether (sulfide) groups is 1. The molecule has 3 heteroatoms. The van der Waals surface area contributed by atoms with Gasteiger partial charge in [0.15, 0.2) is 0 Å². The topological polar surface area (TPSA) is 20.2 Å². The second-order valence-corrected chi connectivity index (χ2v) is 5.85. The van der Waals surface area contributed by atoms with E-state index >= 15 is 0 Å². The molecule has 1 aromatic rings. The van der Waals surface area contributed by atoms with Gasteiger partial charge in [0.2, 0.25) is 0 Å². The van der Waals surface area contributed by atoms with Crippen molar-refractivity contribution in [2.75, 3.05) is 11.5 Å². The van der Waals surface area contributed by atoms with Crippen molar-refractivity contribution in [1.29, 1.82) is 0 Å². The number of benzene rings is 1. The molecule has 1 saturated heterocycles. The molecular formula is C11H13BrOS. The van der Waals surface area contributed by atoms with Crippen molar-refractivity contribution in [3.63, 3.8) is 0 Å². The lowest BCUT2D eigenvalue weighted by molar-refractivity contribution is 0.0686. The third-order valence-corrected chi connectivity index (χ3v) is 4.23. The van der Waals surface area contributed by atoms with Crippen LogP contribution in [0.2, 0.25) is 0 Å². The molecule has 1 atom stereocenters. The van der Waals surface area contributed by atoms with Crippen LogP contribution in [0.3, 0.4) is 0 Å². The maximum atomic E-state index is 10.2. The van der Waals surface area contributed by atoms with E-state index in [0.717, 1.165) is 28.8 Å². The van der Waals surface area contributed by atoms with Gasteiger partial charge < -0.3 is 5.11 Å². The predicted octanol–water partition coefficient (Wildman–Crippen LogP) is 2.86. The normalized spacial score (nSPS) is 26.7. The summed E-state index contributed by atoms with van der Waals surface area (Å²) in [4.78, 5) is 0. The number of aliphatic hydroxyl groups is 1. The average Bonchev–Trinajstić information content (AvgIpc) is 2.51. The fourth-order valence-corrected chi connectivity index (χ4v) is 3.50. The number of hydrogen-bond acceptors (Lipinski definition) is 2. The summed E-state index contributed by atoms with van der Waals surface area (Å²) in [5.74, 6) is 1.96. The summed E-state index contributed by atoms with van der Waals surface area (Å²) in [6, 6.07) is 8.19. The summed E-state index contributed by atoms with van der Waals surface area (Å²) in [7, 11) is 0. The van der Waals surface area contributed by atoms with Crippen molar-refractivity contribution >= 4 is 27.7 Å². The molecule has 0 saturated carbocycles. The highest BCUT2D eigenvalue weighted by molar-refractivity contribution is 9.10. The monoisotopic (exact) mass is 272 g/mol. The highest BCUT2D eigenvalue weighted by atomic mass is 79.9. The first-order valence-electron chi connectivity index (χ1n) is 4.73. The van der Waals surface area contributed by atoms with Gasteiger partial charge in [0.25, 0.3) is 0 Å². The van der Waals surface area contributed by atoms with Gasteiger partial charge in [-0.25, -0.2) is 0 Å². The fraction of sp³-hybridized carbons (Fsp3) is 0.455. The quantitative estimate of drug-likeness (QED) is 0.894.